The number of esters is 1. The van der Waals surface area contributed by atoms with Gasteiger partial charge < -0.3 is 15.0 Å². The third-order valence-electron chi connectivity index (χ3n) is 4.05. The number of benzene rings is 2. The van der Waals surface area contributed by atoms with Crippen LogP contribution in [0.2, 0.25) is 0 Å². The minimum absolute atomic E-state index is 0.341. The van der Waals surface area contributed by atoms with E-state index in [1.165, 1.54) is 23.1 Å². The van der Waals surface area contributed by atoms with E-state index in [0.717, 1.165) is 15.7 Å². The van der Waals surface area contributed by atoms with Crippen molar-refractivity contribution in [3.63, 3.8) is 0 Å². The topological polar surface area (TPSA) is 76.5 Å². The van der Waals surface area contributed by atoms with Crippen LogP contribution in [0.1, 0.15) is 10.4 Å². The highest BCUT2D eigenvalue weighted by Gasteiger charge is 2.12. The smallest absolute Gasteiger partial charge is 0.338 e. The summed E-state index contributed by atoms with van der Waals surface area (Å²) in [6.07, 6.45) is 1.94. The van der Waals surface area contributed by atoms with Crippen molar-refractivity contribution in [3.8, 4) is 5.69 Å². The Morgan fingerprint density at radius 3 is 2.40 bits per heavy atom. The molecule has 10 heteroatoms. The van der Waals surface area contributed by atoms with Gasteiger partial charge in [-0.2, -0.15) is 0 Å². The van der Waals surface area contributed by atoms with Crippen LogP contribution >= 0.6 is 35.3 Å². The zero-order valence-corrected chi connectivity index (χ0v) is 19.1. The molecule has 1 amide bonds. The lowest BCUT2D eigenvalue weighted by atomic mass is 10.2. The summed E-state index contributed by atoms with van der Waals surface area (Å²) in [7, 11) is 3.87. The van der Waals surface area contributed by atoms with Crippen molar-refractivity contribution in [1.82, 2.24) is 9.78 Å². The number of anilines is 2. The Morgan fingerprint density at radius 2 is 1.83 bits per heavy atom. The number of ether oxygens (including phenoxy) is 1. The summed E-state index contributed by atoms with van der Waals surface area (Å²) >= 11 is 8.27. The number of carbonyl (C=O) groups is 2. The maximum atomic E-state index is 12.2. The maximum absolute atomic E-state index is 12.2. The first-order chi connectivity index (χ1) is 14.4. The Morgan fingerprint density at radius 1 is 1.17 bits per heavy atom. The Kier molecular flexibility index (Phi) is 7.24. The fourth-order valence-corrected chi connectivity index (χ4v) is 4.28. The van der Waals surface area contributed by atoms with E-state index >= 15 is 0 Å². The van der Waals surface area contributed by atoms with Gasteiger partial charge in [-0.05, 0) is 67.0 Å². The summed E-state index contributed by atoms with van der Waals surface area (Å²) in [6.45, 7) is -0.371. The minimum Gasteiger partial charge on any atom is -0.452 e. The molecule has 0 radical (unpaired) electrons. The molecule has 0 saturated heterocycles. The average Bonchev–Trinajstić information content (AvgIpc) is 3.13. The normalized spacial score (nSPS) is 10.5. The first-order valence-corrected chi connectivity index (χ1v) is 11.3. The molecular formula is C20H20N4O3S3. The van der Waals surface area contributed by atoms with Gasteiger partial charge in [0, 0.05) is 25.5 Å². The zero-order chi connectivity index (χ0) is 21.7. The largest absolute Gasteiger partial charge is 0.452 e. The van der Waals surface area contributed by atoms with Crippen LogP contribution in [0.25, 0.3) is 5.69 Å². The van der Waals surface area contributed by atoms with Gasteiger partial charge in [0.2, 0.25) is 0 Å². The molecule has 3 rings (SSSR count). The van der Waals surface area contributed by atoms with Crippen molar-refractivity contribution in [2.24, 2.45) is 0 Å². The number of aromatic nitrogens is 2. The quantitative estimate of drug-likeness (QED) is 0.321. The van der Waals surface area contributed by atoms with Crippen molar-refractivity contribution in [2.45, 2.75) is 4.34 Å². The monoisotopic (exact) mass is 460 g/mol. The van der Waals surface area contributed by atoms with Crippen LogP contribution in [0.15, 0.2) is 52.9 Å². The molecule has 0 bridgehead atoms. The number of carbonyl (C=O) groups excluding carboxylic acids is 2. The van der Waals surface area contributed by atoms with Crippen LogP contribution < -0.4 is 10.2 Å². The molecule has 0 unspecified atom stereocenters. The van der Waals surface area contributed by atoms with Gasteiger partial charge in [-0.3, -0.25) is 4.79 Å². The zero-order valence-electron chi connectivity index (χ0n) is 16.6. The molecule has 156 valence electrons. The van der Waals surface area contributed by atoms with Gasteiger partial charge in [-0.15, -0.1) is 5.10 Å². The van der Waals surface area contributed by atoms with E-state index < -0.39 is 11.9 Å². The summed E-state index contributed by atoms with van der Waals surface area (Å²) in [5.74, 6) is -0.984. The SMILES string of the molecule is CSc1nn(-c2ccc(C(=O)OCC(=O)Nc3ccc(N(C)C)cc3)cc2)c(=S)s1. The Hall–Kier alpha value is -2.69. The average molecular weight is 461 g/mol. The van der Waals surface area contributed by atoms with Crippen LogP contribution in [0, 0.1) is 3.95 Å². The summed E-state index contributed by atoms with van der Waals surface area (Å²) < 4.78 is 8.26. The molecule has 2 aromatic carbocycles. The third kappa shape index (κ3) is 5.47. The van der Waals surface area contributed by atoms with Crippen molar-refractivity contribution in [3.05, 3.63) is 58.0 Å². The maximum Gasteiger partial charge on any atom is 0.338 e. The first kappa shape index (κ1) is 22.0. The summed E-state index contributed by atoms with van der Waals surface area (Å²) in [5.41, 5.74) is 2.75. The first-order valence-electron chi connectivity index (χ1n) is 8.86. The molecule has 1 aromatic heterocycles. The lowest BCUT2D eigenvalue weighted by Gasteiger charge is -2.13. The molecule has 0 fully saturated rings. The highest BCUT2D eigenvalue weighted by atomic mass is 32.2. The van der Waals surface area contributed by atoms with E-state index in [9.17, 15) is 9.59 Å². The van der Waals surface area contributed by atoms with Gasteiger partial charge >= 0.3 is 5.97 Å². The van der Waals surface area contributed by atoms with E-state index in [2.05, 4.69) is 10.4 Å². The predicted octanol–water partition coefficient (Wildman–Crippen LogP) is 4.25. The summed E-state index contributed by atoms with van der Waals surface area (Å²) in [5, 5.41) is 7.11. The Balaban J connectivity index is 1.56. The fraction of sp³-hybridized carbons (Fsp3) is 0.200. The van der Waals surface area contributed by atoms with Gasteiger partial charge in [-0.25, -0.2) is 9.48 Å². The molecule has 1 heterocycles. The number of rotatable bonds is 7. The number of hydrogen-bond donors (Lipinski definition) is 1. The van der Waals surface area contributed by atoms with Crippen molar-refractivity contribution in [2.75, 3.05) is 37.2 Å². The highest BCUT2D eigenvalue weighted by Crippen LogP contribution is 2.22. The molecule has 0 aliphatic heterocycles. The molecular weight excluding hydrogens is 440 g/mol. The fourth-order valence-electron chi connectivity index (χ4n) is 2.50. The van der Waals surface area contributed by atoms with Crippen LogP contribution in [0.4, 0.5) is 11.4 Å². The number of nitrogens with one attached hydrogen (secondary N) is 1. The Labute approximate surface area is 187 Å². The summed E-state index contributed by atoms with van der Waals surface area (Å²) in [6, 6.07) is 14.1. The standard InChI is InChI=1S/C20H20N4O3S3/c1-23(2)15-10-6-14(7-11-15)21-17(25)12-27-18(26)13-4-8-16(9-5-13)24-20(28)30-19(22-24)29-3/h4-11H,12H2,1-3H3,(H,21,25). The number of thioether (sulfide) groups is 1. The lowest BCUT2D eigenvalue weighted by Crippen LogP contribution is -2.21. The highest BCUT2D eigenvalue weighted by molar-refractivity contribution is 8.00. The number of hydrogen-bond acceptors (Lipinski definition) is 8. The Bertz CT molecular complexity index is 1090. The van der Waals surface area contributed by atoms with Crippen LogP contribution in [-0.2, 0) is 9.53 Å². The van der Waals surface area contributed by atoms with Crippen LogP contribution in [0.3, 0.4) is 0 Å². The van der Waals surface area contributed by atoms with Crippen molar-refractivity contribution < 1.29 is 14.3 Å². The molecule has 0 aliphatic carbocycles. The van der Waals surface area contributed by atoms with Crippen LogP contribution in [-0.4, -0.2) is 48.6 Å². The molecule has 7 nitrogen and oxygen atoms in total. The van der Waals surface area contributed by atoms with E-state index in [-0.39, 0.29) is 6.61 Å². The molecule has 0 aliphatic rings. The molecule has 0 spiro atoms. The molecule has 0 atom stereocenters. The molecule has 0 saturated carbocycles. The van der Waals surface area contributed by atoms with Gasteiger partial charge in [0.05, 0.1) is 11.3 Å². The molecule has 30 heavy (non-hydrogen) atoms. The van der Waals surface area contributed by atoms with Gasteiger partial charge in [0.1, 0.15) is 0 Å². The van der Waals surface area contributed by atoms with E-state index in [1.54, 1.807) is 41.1 Å². The van der Waals surface area contributed by atoms with Crippen molar-refractivity contribution >= 4 is 58.6 Å². The van der Waals surface area contributed by atoms with Crippen LogP contribution in [0.5, 0.6) is 0 Å². The summed E-state index contributed by atoms with van der Waals surface area (Å²) in [4.78, 5) is 26.2. The third-order valence-corrected chi connectivity index (χ3v) is 6.26. The lowest BCUT2D eigenvalue weighted by molar-refractivity contribution is -0.119. The molecule has 3 aromatic rings. The van der Waals surface area contributed by atoms with Gasteiger partial charge in [0.15, 0.2) is 14.9 Å². The predicted molar refractivity (Wildman–Crippen MR) is 124 cm³/mol. The van der Waals surface area contributed by atoms with Gasteiger partial charge in [-0.1, -0.05) is 23.1 Å². The van der Waals surface area contributed by atoms with Gasteiger partial charge in [0.25, 0.3) is 5.91 Å². The molecule has 1 N–H and O–H groups in total. The number of amides is 1. The second kappa shape index (κ2) is 9.88. The number of nitrogens with zero attached hydrogens (tertiary/aromatic N) is 3. The minimum atomic E-state index is -0.577. The van der Waals surface area contributed by atoms with E-state index in [0.29, 0.717) is 15.2 Å². The second-order valence-corrected chi connectivity index (χ2v) is 9.04. The second-order valence-electron chi connectivity index (χ2n) is 6.36. The van der Waals surface area contributed by atoms with E-state index in [4.69, 9.17) is 17.0 Å². The van der Waals surface area contributed by atoms with E-state index in [1.807, 2.05) is 37.4 Å². The van der Waals surface area contributed by atoms with Crippen molar-refractivity contribution in [1.29, 1.82) is 0 Å².